The van der Waals surface area contributed by atoms with E-state index in [1.54, 1.807) is 0 Å². The molecule has 1 N–H and O–H groups in total. The SMILES string of the molecule is CC1CCC(Nc2nc(Cl)nc(N3CCCC3)n2)C(C)C1. The Morgan fingerprint density at radius 2 is 1.86 bits per heavy atom. The van der Waals surface area contributed by atoms with Crippen LogP contribution in [0.2, 0.25) is 5.28 Å². The highest BCUT2D eigenvalue weighted by Crippen LogP contribution is 2.30. The number of nitrogens with zero attached hydrogens (tertiary/aromatic N) is 4. The summed E-state index contributed by atoms with van der Waals surface area (Å²) in [4.78, 5) is 15.3. The van der Waals surface area contributed by atoms with Gasteiger partial charge in [0.15, 0.2) is 0 Å². The summed E-state index contributed by atoms with van der Waals surface area (Å²) in [6.45, 7) is 6.66. The molecule has 0 amide bonds. The Hall–Kier alpha value is -1.10. The van der Waals surface area contributed by atoms with Crippen molar-refractivity contribution in [3.8, 4) is 0 Å². The van der Waals surface area contributed by atoms with Crippen LogP contribution in [0.4, 0.5) is 11.9 Å². The number of aromatic nitrogens is 3. The molecule has 3 unspecified atom stereocenters. The molecule has 2 heterocycles. The molecule has 5 nitrogen and oxygen atoms in total. The number of nitrogens with one attached hydrogen (secondary N) is 1. The maximum Gasteiger partial charge on any atom is 0.231 e. The summed E-state index contributed by atoms with van der Waals surface area (Å²) in [6.07, 6.45) is 6.09. The van der Waals surface area contributed by atoms with Crippen LogP contribution >= 0.6 is 11.6 Å². The Morgan fingerprint density at radius 3 is 2.57 bits per heavy atom. The summed E-state index contributed by atoms with van der Waals surface area (Å²) in [5, 5.41) is 3.77. The lowest BCUT2D eigenvalue weighted by molar-refractivity contribution is 0.276. The van der Waals surface area contributed by atoms with Crippen molar-refractivity contribution in [3.05, 3.63) is 5.28 Å². The van der Waals surface area contributed by atoms with E-state index in [2.05, 4.69) is 39.0 Å². The molecule has 1 aromatic heterocycles. The van der Waals surface area contributed by atoms with E-state index in [4.69, 9.17) is 11.6 Å². The molecule has 6 heteroatoms. The lowest BCUT2D eigenvalue weighted by Crippen LogP contribution is -2.34. The van der Waals surface area contributed by atoms with Crippen LogP contribution < -0.4 is 10.2 Å². The van der Waals surface area contributed by atoms with Crippen LogP contribution in [0.25, 0.3) is 0 Å². The van der Waals surface area contributed by atoms with Crippen LogP contribution in [0.1, 0.15) is 46.0 Å². The van der Waals surface area contributed by atoms with Gasteiger partial charge in [0, 0.05) is 19.1 Å². The molecule has 3 atom stereocenters. The molecule has 0 bridgehead atoms. The van der Waals surface area contributed by atoms with Gasteiger partial charge in [0.1, 0.15) is 0 Å². The third-order valence-electron chi connectivity index (χ3n) is 4.73. The van der Waals surface area contributed by atoms with Crippen LogP contribution in [0.3, 0.4) is 0 Å². The lowest BCUT2D eigenvalue weighted by Gasteiger charge is -2.33. The van der Waals surface area contributed by atoms with Crippen molar-refractivity contribution < 1.29 is 0 Å². The Labute approximate surface area is 131 Å². The smallest absolute Gasteiger partial charge is 0.231 e. The second-order valence-corrected chi connectivity index (χ2v) is 6.91. The predicted octanol–water partition coefficient (Wildman–Crippen LogP) is 3.36. The number of anilines is 2. The fourth-order valence-corrected chi connectivity index (χ4v) is 3.66. The second kappa shape index (κ2) is 6.34. The molecule has 21 heavy (non-hydrogen) atoms. The lowest BCUT2D eigenvalue weighted by atomic mass is 9.80. The first-order valence-corrected chi connectivity index (χ1v) is 8.42. The molecule has 0 spiro atoms. The van der Waals surface area contributed by atoms with Gasteiger partial charge in [0.05, 0.1) is 0 Å². The van der Waals surface area contributed by atoms with Gasteiger partial charge in [-0.05, 0) is 55.5 Å². The summed E-state index contributed by atoms with van der Waals surface area (Å²) >= 11 is 6.08. The van der Waals surface area contributed by atoms with E-state index >= 15 is 0 Å². The highest BCUT2D eigenvalue weighted by Gasteiger charge is 2.26. The van der Waals surface area contributed by atoms with Crippen molar-refractivity contribution in [3.63, 3.8) is 0 Å². The van der Waals surface area contributed by atoms with Gasteiger partial charge in [-0.2, -0.15) is 15.0 Å². The topological polar surface area (TPSA) is 53.9 Å². The number of halogens is 1. The number of rotatable bonds is 3. The fourth-order valence-electron chi connectivity index (χ4n) is 3.51. The van der Waals surface area contributed by atoms with E-state index in [0.29, 0.717) is 23.9 Å². The highest BCUT2D eigenvalue weighted by atomic mass is 35.5. The van der Waals surface area contributed by atoms with Crippen LogP contribution in [-0.2, 0) is 0 Å². The standard InChI is InChI=1S/C15H24ClN5/c1-10-5-6-12(11(2)9-10)17-14-18-13(16)19-15(20-14)21-7-3-4-8-21/h10-12H,3-9H2,1-2H3,(H,17,18,19,20). The van der Waals surface area contributed by atoms with Gasteiger partial charge in [-0.25, -0.2) is 0 Å². The molecular formula is C15H24ClN5. The fraction of sp³-hybridized carbons (Fsp3) is 0.800. The van der Waals surface area contributed by atoms with Gasteiger partial charge in [0.2, 0.25) is 17.2 Å². The van der Waals surface area contributed by atoms with Crippen LogP contribution in [-0.4, -0.2) is 34.1 Å². The minimum Gasteiger partial charge on any atom is -0.351 e. The molecule has 0 radical (unpaired) electrons. The summed E-state index contributed by atoms with van der Waals surface area (Å²) in [7, 11) is 0. The first-order chi connectivity index (χ1) is 10.1. The van der Waals surface area contributed by atoms with Gasteiger partial charge in [-0.3, -0.25) is 0 Å². The molecular weight excluding hydrogens is 286 g/mol. The molecule has 1 aromatic rings. The Morgan fingerprint density at radius 1 is 1.10 bits per heavy atom. The first kappa shape index (κ1) is 14.8. The molecule has 1 saturated heterocycles. The normalized spacial score (nSPS) is 29.7. The third kappa shape index (κ3) is 3.57. The Balaban J connectivity index is 1.72. The average molecular weight is 310 g/mol. The van der Waals surface area contributed by atoms with Crippen molar-refractivity contribution in [1.29, 1.82) is 0 Å². The van der Waals surface area contributed by atoms with Gasteiger partial charge in [0.25, 0.3) is 0 Å². The minimum atomic E-state index is 0.284. The van der Waals surface area contributed by atoms with Crippen molar-refractivity contribution in [2.24, 2.45) is 11.8 Å². The van der Waals surface area contributed by atoms with Gasteiger partial charge in [-0.15, -0.1) is 0 Å². The second-order valence-electron chi connectivity index (χ2n) is 6.57. The van der Waals surface area contributed by atoms with Crippen LogP contribution in [0, 0.1) is 11.8 Å². The monoisotopic (exact) mass is 309 g/mol. The summed E-state index contributed by atoms with van der Waals surface area (Å²) < 4.78 is 0. The zero-order valence-corrected chi connectivity index (χ0v) is 13.6. The van der Waals surface area contributed by atoms with Crippen LogP contribution in [0.15, 0.2) is 0 Å². The summed E-state index contributed by atoms with van der Waals surface area (Å²) in [5.41, 5.74) is 0. The average Bonchev–Trinajstić information content (AvgIpc) is 2.95. The summed E-state index contributed by atoms with van der Waals surface area (Å²) in [5.74, 6) is 2.80. The van der Waals surface area contributed by atoms with E-state index < -0.39 is 0 Å². The van der Waals surface area contributed by atoms with Gasteiger partial charge < -0.3 is 10.2 Å². The molecule has 2 fully saturated rings. The Kier molecular flexibility index (Phi) is 4.48. The number of hydrogen-bond acceptors (Lipinski definition) is 5. The van der Waals surface area contributed by atoms with E-state index in [1.807, 2.05) is 0 Å². The van der Waals surface area contributed by atoms with Crippen molar-refractivity contribution >= 4 is 23.5 Å². The molecule has 116 valence electrons. The molecule has 0 aromatic carbocycles. The highest BCUT2D eigenvalue weighted by molar-refractivity contribution is 6.28. The van der Waals surface area contributed by atoms with Crippen molar-refractivity contribution in [2.45, 2.75) is 52.0 Å². The zero-order chi connectivity index (χ0) is 14.8. The van der Waals surface area contributed by atoms with Crippen molar-refractivity contribution in [2.75, 3.05) is 23.3 Å². The Bertz CT molecular complexity index is 489. The van der Waals surface area contributed by atoms with E-state index in [-0.39, 0.29) is 5.28 Å². The third-order valence-corrected chi connectivity index (χ3v) is 4.90. The van der Waals surface area contributed by atoms with Gasteiger partial charge in [-0.1, -0.05) is 13.8 Å². The maximum absolute atomic E-state index is 6.08. The van der Waals surface area contributed by atoms with Crippen molar-refractivity contribution in [1.82, 2.24) is 15.0 Å². The molecule has 3 rings (SSSR count). The molecule has 2 aliphatic rings. The summed E-state index contributed by atoms with van der Waals surface area (Å²) in [6, 6.07) is 0.436. The quantitative estimate of drug-likeness (QED) is 0.928. The maximum atomic E-state index is 6.08. The van der Waals surface area contributed by atoms with Crippen LogP contribution in [0.5, 0.6) is 0 Å². The van der Waals surface area contributed by atoms with E-state index in [1.165, 1.54) is 32.1 Å². The largest absolute Gasteiger partial charge is 0.351 e. The van der Waals surface area contributed by atoms with E-state index in [9.17, 15) is 0 Å². The molecule has 1 aliphatic heterocycles. The molecule has 1 saturated carbocycles. The van der Waals surface area contributed by atoms with E-state index in [0.717, 1.165) is 19.0 Å². The molecule has 1 aliphatic carbocycles. The van der Waals surface area contributed by atoms with Gasteiger partial charge >= 0.3 is 0 Å². The predicted molar refractivity (Wildman–Crippen MR) is 85.9 cm³/mol. The first-order valence-electron chi connectivity index (χ1n) is 8.05. The minimum absolute atomic E-state index is 0.284. The zero-order valence-electron chi connectivity index (χ0n) is 12.8. The number of hydrogen-bond donors (Lipinski definition) is 1.